The molecule has 1 heterocycles. The van der Waals surface area contributed by atoms with Crippen molar-refractivity contribution in [3.8, 4) is 0 Å². The predicted octanol–water partition coefficient (Wildman–Crippen LogP) is 7.75. The molecule has 0 aliphatic carbocycles. The van der Waals surface area contributed by atoms with Crippen LogP contribution in [0.4, 0.5) is 0 Å². The van der Waals surface area contributed by atoms with Gasteiger partial charge in [-0.1, -0.05) is 105 Å². The van der Waals surface area contributed by atoms with Crippen LogP contribution in [0.3, 0.4) is 0 Å². The number of rotatable bonds is 15. The summed E-state index contributed by atoms with van der Waals surface area (Å²) in [7, 11) is 0. The molecular formula is C28H45NO2. The van der Waals surface area contributed by atoms with Gasteiger partial charge in [0, 0.05) is 6.54 Å². The molecule has 2 amide bonds. The summed E-state index contributed by atoms with van der Waals surface area (Å²) in [5.41, 5.74) is 1.12. The number of carbonyl (C=O) groups excluding carboxylic acids is 2. The molecule has 0 fully saturated rings. The number of amides is 2. The van der Waals surface area contributed by atoms with Gasteiger partial charge in [-0.15, -0.1) is 0 Å². The van der Waals surface area contributed by atoms with E-state index in [1.165, 1.54) is 62.7 Å². The smallest absolute Gasteiger partial charge is 0.261 e. The molecule has 0 saturated carbocycles. The first-order valence-corrected chi connectivity index (χ1v) is 12.7. The van der Waals surface area contributed by atoms with Gasteiger partial charge in [-0.05, 0) is 42.2 Å². The summed E-state index contributed by atoms with van der Waals surface area (Å²) in [6.07, 6.45) is 12.8. The highest BCUT2D eigenvalue weighted by molar-refractivity contribution is 6.21. The van der Waals surface area contributed by atoms with Gasteiger partial charge in [-0.3, -0.25) is 14.5 Å². The Balaban J connectivity index is 1.55. The highest BCUT2D eigenvalue weighted by Gasteiger charge is 2.34. The second-order valence-corrected chi connectivity index (χ2v) is 10.6. The fourth-order valence-electron chi connectivity index (χ4n) is 4.73. The van der Waals surface area contributed by atoms with Crippen molar-refractivity contribution in [1.29, 1.82) is 0 Å². The summed E-state index contributed by atoms with van der Waals surface area (Å²) in [6.45, 7) is 12.2. The monoisotopic (exact) mass is 427 g/mol. The van der Waals surface area contributed by atoms with Crippen LogP contribution in [0.5, 0.6) is 0 Å². The van der Waals surface area contributed by atoms with Crippen molar-refractivity contribution >= 4 is 11.8 Å². The van der Waals surface area contributed by atoms with Crippen molar-refractivity contribution in [1.82, 2.24) is 4.90 Å². The predicted molar refractivity (Wildman–Crippen MR) is 130 cm³/mol. The lowest BCUT2D eigenvalue weighted by atomic mass is 9.91. The zero-order chi connectivity index (χ0) is 22.8. The Morgan fingerprint density at radius 3 is 1.42 bits per heavy atom. The summed E-state index contributed by atoms with van der Waals surface area (Å²) < 4.78 is 0. The van der Waals surface area contributed by atoms with E-state index in [2.05, 4.69) is 34.6 Å². The van der Waals surface area contributed by atoms with E-state index >= 15 is 0 Å². The fourth-order valence-corrected chi connectivity index (χ4v) is 4.73. The van der Waals surface area contributed by atoms with Gasteiger partial charge in [0.25, 0.3) is 11.8 Å². The maximum absolute atomic E-state index is 12.5. The van der Waals surface area contributed by atoms with Gasteiger partial charge < -0.3 is 0 Å². The van der Waals surface area contributed by atoms with Crippen LogP contribution in [0.15, 0.2) is 24.3 Å². The number of hydrogen-bond donors (Lipinski definition) is 0. The number of fused-ring (bicyclic) bond motifs is 1. The molecule has 0 bridgehead atoms. The summed E-state index contributed by atoms with van der Waals surface area (Å²) >= 11 is 0. The first kappa shape index (κ1) is 25.6. The Bertz CT molecular complexity index is 661. The molecule has 174 valence electrons. The number of hydrogen-bond acceptors (Lipinski definition) is 2. The van der Waals surface area contributed by atoms with Crippen molar-refractivity contribution < 1.29 is 9.59 Å². The molecule has 0 spiro atoms. The Morgan fingerprint density at radius 1 is 0.613 bits per heavy atom. The van der Waals surface area contributed by atoms with E-state index in [1.54, 1.807) is 12.1 Å². The molecule has 0 radical (unpaired) electrons. The second-order valence-electron chi connectivity index (χ2n) is 10.6. The minimum atomic E-state index is -0.125. The zero-order valence-electron chi connectivity index (χ0n) is 20.7. The van der Waals surface area contributed by atoms with Crippen molar-refractivity contribution in [2.75, 3.05) is 6.54 Å². The molecule has 31 heavy (non-hydrogen) atoms. The van der Waals surface area contributed by atoms with Crippen LogP contribution < -0.4 is 0 Å². The molecule has 3 atom stereocenters. The Hall–Kier alpha value is -1.64. The molecule has 1 aromatic carbocycles. The van der Waals surface area contributed by atoms with E-state index in [-0.39, 0.29) is 11.8 Å². The van der Waals surface area contributed by atoms with Crippen LogP contribution in [-0.4, -0.2) is 23.3 Å². The Kier molecular flexibility index (Phi) is 10.8. The lowest BCUT2D eigenvalue weighted by molar-refractivity contribution is 0.0646. The van der Waals surface area contributed by atoms with E-state index in [0.717, 1.165) is 24.2 Å². The molecular weight excluding hydrogens is 382 g/mol. The third kappa shape index (κ3) is 8.43. The largest absolute Gasteiger partial charge is 0.274 e. The summed E-state index contributed by atoms with van der Waals surface area (Å²) in [5.74, 6) is 2.79. The van der Waals surface area contributed by atoms with Gasteiger partial charge in [-0.25, -0.2) is 0 Å². The maximum Gasteiger partial charge on any atom is 0.261 e. The molecule has 3 unspecified atom stereocenters. The van der Waals surface area contributed by atoms with E-state index in [4.69, 9.17) is 0 Å². The Morgan fingerprint density at radius 2 is 1.00 bits per heavy atom. The van der Waals surface area contributed by atoms with Crippen LogP contribution in [0.2, 0.25) is 0 Å². The molecule has 1 aliphatic heterocycles. The van der Waals surface area contributed by atoms with Crippen LogP contribution in [0.25, 0.3) is 0 Å². The van der Waals surface area contributed by atoms with E-state index in [1.807, 2.05) is 12.1 Å². The zero-order valence-corrected chi connectivity index (χ0v) is 20.7. The minimum Gasteiger partial charge on any atom is -0.274 e. The average molecular weight is 428 g/mol. The van der Waals surface area contributed by atoms with Crippen molar-refractivity contribution in [3.05, 3.63) is 35.4 Å². The summed E-state index contributed by atoms with van der Waals surface area (Å²) in [4.78, 5) is 26.4. The fraction of sp³-hybridized carbons (Fsp3) is 0.714. The van der Waals surface area contributed by atoms with Gasteiger partial charge in [-0.2, -0.15) is 0 Å². The second kappa shape index (κ2) is 13.0. The van der Waals surface area contributed by atoms with Crippen LogP contribution >= 0.6 is 0 Å². The molecule has 0 N–H and O–H groups in total. The third-order valence-corrected chi connectivity index (χ3v) is 6.99. The highest BCUT2D eigenvalue weighted by Crippen LogP contribution is 2.25. The highest BCUT2D eigenvalue weighted by atomic mass is 16.2. The van der Waals surface area contributed by atoms with Crippen molar-refractivity contribution in [3.63, 3.8) is 0 Å². The molecule has 0 saturated heterocycles. The van der Waals surface area contributed by atoms with Crippen molar-refractivity contribution in [2.24, 2.45) is 23.7 Å². The number of benzene rings is 1. The summed E-state index contributed by atoms with van der Waals surface area (Å²) in [5, 5.41) is 0. The SMILES string of the molecule is CC(C)CCCC(C)CCCC(C)CCCC(C)CCN1C(=O)c2ccccc2C1=O. The first-order valence-electron chi connectivity index (χ1n) is 12.7. The molecule has 3 nitrogen and oxygen atoms in total. The molecule has 2 rings (SSSR count). The standard InChI is InChI=1S/C28H45NO2/c1-21(2)11-8-12-22(3)13-9-14-23(4)15-10-16-24(5)19-20-29-27(30)25-17-6-7-18-26(25)28(29)31/h6-7,17-18,21-24H,8-16,19-20H2,1-5H3. The van der Waals surface area contributed by atoms with Crippen LogP contribution in [-0.2, 0) is 0 Å². The molecule has 3 heteroatoms. The van der Waals surface area contributed by atoms with Gasteiger partial charge in [0.1, 0.15) is 0 Å². The molecule has 0 aromatic heterocycles. The van der Waals surface area contributed by atoms with E-state index in [0.29, 0.717) is 23.6 Å². The number of nitrogens with zero attached hydrogens (tertiary/aromatic N) is 1. The van der Waals surface area contributed by atoms with Crippen LogP contribution in [0.1, 0.15) is 120 Å². The quantitative estimate of drug-likeness (QED) is 0.268. The van der Waals surface area contributed by atoms with Crippen molar-refractivity contribution in [2.45, 2.75) is 98.8 Å². The number of imide groups is 1. The van der Waals surface area contributed by atoms with Gasteiger partial charge in [0.15, 0.2) is 0 Å². The van der Waals surface area contributed by atoms with E-state index < -0.39 is 0 Å². The topological polar surface area (TPSA) is 37.4 Å². The molecule has 1 aromatic rings. The van der Waals surface area contributed by atoms with Crippen LogP contribution in [0, 0.1) is 23.7 Å². The van der Waals surface area contributed by atoms with E-state index in [9.17, 15) is 9.59 Å². The van der Waals surface area contributed by atoms with Gasteiger partial charge in [0.2, 0.25) is 0 Å². The Labute approximate surface area is 191 Å². The third-order valence-electron chi connectivity index (χ3n) is 6.99. The van der Waals surface area contributed by atoms with Gasteiger partial charge in [0.05, 0.1) is 11.1 Å². The lowest BCUT2D eigenvalue weighted by Crippen LogP contribution is -2.31. The first-order chi connectivity index (χ1) is 14.8. The average Bonchev–Trinajstić information content (AvgIpc) is 2.96. The normalized spacial score (nSPS) is 16.6. The van der Waals surface area contributed by atoms with Gasteiger partial charge >= 0.3 is 0 Å². The minimum absolute atomic E-state index is 0.125. The maximum atomic E-state index is 12.5. The number of carbonyl (C=O) groups is 2. The molecule has 1 aliphatic rings. The summed E-state index contributed by atoms with van der Waals surface area (Å²) in [6, 6.07) is 7.16. The lowest BCUT2D eigenvalue weighted by Gasteiger charge is -2.18.